The van der Waals surface area contributed by atoms with Crippen molar-refractivity contribution < 1.29 is 9.84 Å². The highest BCUT2D eigenvalue weighted by atomic mass is 16.5. The van der Waals surface area contributed by atoms with E-state index in [0.29, 0.717) is 11.8 Å². The molecule has 0 saturated carbocycles. The summed E-state index contributed by atoms with van der Waals surface area (Å²) in [5.41, 5.74) is 0.976. The van der Waals surface area contributed by atoms with E-state index in [2.05, 4.69) is 24.1 Å². The number of pyridine rings is 1. The smallest absolute Gasteiger partial charge is 0.212 e. The molecule has 16 heavy (non-hydrogen) atoms. The van der Waals surface area contributed by atoms with E-state index in [9.17, 15) is 5.11 Å². The first-order chi connectivity index (χ1) is 7.67. The first-order valence-electron chi connectivity index (χ1n) is 5.51. The van der Waals surface area contributed by atoms with E-state index in [1.165, 1.54) is 0 Å². The van der Waals surface area contributed by atoms with Crippen LogP contribution in [0.4, 0.5) is 0 Å². The van der Waals surface area contributed by atoms with E-state index >= 15 is 0 Å². The molecular weight excluding hydrogens is 204 g/mol. The molecule has 0 spiro atoms. The van der Waals surface area contributed by atoms with E-state index in [4.69, 9.17) is 4.74 Å². The van der Waals surface area contributed by atoms with Crippen LogP contribution >= 0.6 is 0 Å². The Kier molecular flexibility index (Phi) is 5.22. The van der Waals surface area contributed by atoms with Crippen LogP contribution in [0.25, 0.3) is 0 Å². The van der Waals surface area contributed by atoms with Crippen LogP contribution in [0.1, 0.15) is 25.5 Å². The molecule has 0 aliphatic rings. The third-order valence-corrected chi connectivity index (χ3v) is 2.33. The number of nitrogens with zero attached hydrogens (tertiary/aromatic N) is 1. The third-order valence-electron chi connectivity index (χ3n) is 2.33. The predicted molar refractivity (Wildman–Crippen MR) is 63.5 cm³/mol. The van der Waals surface area contributed by atoms with Crippen LogP contribution in [0, 0.1) is 5.92 Å². The fourth-order valence-corrected chi connectivity index (χ4v) is 1.38. The minimum Gasteiger partial charge on any atom is -0.481 e. The molecule has 1 aromatic rings. The standard InChI is InChI=1S/C12H20N2O2/c1-9(2)6-13-11(8-15)10-4-5-12(16-3)14-7-10/h4-5,7,9,11,13,15H,6,8H2,1-3H3. The van der Waals surface area contributed by atoms with Gasteiger partial charge in [0, 0.05) is 12.3 Å². The lowest BCUT2D eigenvalue weighted by Crippen LogP contribution is -2.28. The molecule has 0 fully saturated rings. The van der Waals surface area contributed by atoms with Gasteiger partial charge in [-0.05, 0) is 18.0 Å². The van der Waals surface area contributed by atoms with Crippen molar-refractivity contribution in [2.24, 2.45) is 5.92 Å². The van der Waals surface area contributed by atoms with Gasteiger partial charge in [-0.25, -0.2) is 4.98 Å². The number of aromatic nitrogens is 1. The Bertz CT molecular complexity index is 298. The van der Waals surface area contributed by atoms with Gasteiger partial charge in [0.05, 0.1) is 19.8 Å². The number of methoxy groups -OCH3 is 1. The second-order valence-corrected chi connectivity index (χ2v) is 4.17. The van der Waals surface area contributed by atoms with Gasteiger partial charge in [-0.3, -0.25) is 0 Å². The quantitative estimate of drug-likeness (QED) is 0.766. The van der Waals surface area contributed by atoms with Crippen molar-refractivity contribution in [1.82, 2.24) is 10.3 Å². The molecule has 90 valence electrons. The number of ether oxygens (including phenoxy) is 1. The second kappa shape index (κ2) is 6.45. The molecular formula is C12H20N2O2. The predicted octanol–water partition coefficient (Wildman–Crippen LogP) is 1.37. The molecule has 1 rings (SSSR count). The molecule has 0 saturated heterocycles. The van der Waals surface area contributed by atoms with Crippen molar-refractivity contribution in [1.29, 1.82) is 0 Å². The highest BCUT2D eigenvalue weighted by molar-refractivity contribution is 5.20. The average Bonchev–Trinajstić information content (AvgIpc) is 2.30. The van der Waals surface area contributed by atoms with E-state index < -0.39 is 0 Å². The summed E-state index contributed by atoms with van der Waals surface area (Å²) < 4.78 is 4.99. The number of aliphatic hydroxyl groups excluding tert-OH is 1. The molecule has 0 aliphatic heterocycles. The summed E-state index contributed by atoms with van der Waals surface area (Å²) in [5, 5.41) is 12.6. The fourth-order valence-electron chi connectivity index (χ4n) is 1.38. The largest absolute Gasteiger partial charge is 0.481 e. The summed E-state index contributed by atoms with van der Waals surface area (Å²) >= 11 is 0. The van der Waals surface area contributed by atoms with Crippen molar-refractivity contribution in [3.8, 4) is 5.88 Å². The Morgan fingerprint density at radius 2 is 2.19 bits per heavy atom. The van der Waals surface area contributed by atoms with Crippen LogP contribution in [0.5, 0.6) is 5.88 Å². The summed E-state index contributed by atoms with van der Waals surface area (Å²) in [6, 6.07) is 3.66. The molecule has 4 heteroatoms. The van der Waals surface area contributed by atoms with Gasteiger partial charge < -0.3 is 15.2 Å². The van der Waals surface area contributed by atoms with E-state index in [0.717, 1.165) is 12.1 Å². The lowest BCUT2D eigenvalue weighted by Gasteiger charge is -2.17. The lowest BCUT2D eigenvalue weighted by molar-refractivity contribution is 0.240. The summed E-state index contributed by atoms with van der Waals surface area (Å²) in [6.07, 6.45) is 1.73. The molecule has 0 amide bonds. The number of rotatable bonds is 6. The van der Waals surface area contributed by atoms with Gasteiger partial charge in [0.25, 0.3) is 0 Å². The van der Waals surface area contributed by atoms with Crippen LogP contribution in [0.3, 0.4) is 0 Å². The van der Waals surface area contributed by atoms with Gasteiger partial charge in [-0.1, -0.05) is 19.9 Å². The lowest BCUT2D eigenvalue weighted by atomic mass is 10.1. The Morgan fingerprint density at radius 3 is 2.62 bits per heavy atom. The van der Waals surface area contributed by atoms with Crippen LogP contribution in [-0.2, 0) is 0 Å². The highest BCUT2D eigenvalue weighted by Gasteiger charge is 2.10. The third kappa shape index (κ3) is 3.79. The molecule has 0 aromatic carbocycles. The maximum Gasteiger partial charge on any atom is 0.212 e. The molecule has 0 aliphatic carbocycles. The van der Waals surface area contributed by atoms with Crippen molar-refractivity contribution in [2.45, 2.75) is 19.9 Å². The zero-order chi connectivity index (χ0) is 12.0. The normalized spacial score (nSPS) is 12.8. The number of hydrogen-bond donors (Lipinski definition) is 2. The Labute approximate surface area is 96.7 Å². The fraction of sp³-hybridized carbons (Fsp3) is 0.583. The second-order valence-electron chi connectivity index (χ2n) is 4.17. The molecule has 1 aromatic heterocycles. The first kappa shape index (κ1) is 12.9. The van der Waals surface area contributed by atoms with Crippen LogP contribution in [0.15, 0.2) is 18.3 Å². The Balaban J connectivity index is 2.63. The van der Waals surface area contributed by atoms with Crippen LogP contribution in [0.2, 0.25) is 0 Å². The Morgan fingerprint density at radius 1 is 1.44 bits per heavy atom. The zero-order valence-corrected chi connectivity index (χ0v) is 10.1. The van der Waals surface area contributed by atoms with Gasteiger partial charge >= 0.3 is 0 Å². The zero-order valence-electron chi connectivity index (χ0n) is 10.1. The topological polar surface area (TPSA) is 54.4 Å². The summed E-state index contributed by atoms with van der Waals surface area (Å²) in [5.74, 6) is 1.14. The summed E-state index contributed by atoms with van der Waals surface area (Å²) in [7, 11) is 1.59. The molecule has 0 radical (unpaired) electrons. The monoisotopic (exact) mass is 224 g/mol. The van der Waals surface area contributed by atoms with E-state index in [1.54, 1.807) is 19.4 Å². The number of aliphatic hydroxyl groups is 1. The van der Waals surface area contributed by atoms with Crippen LogP contribution in [-0.4, -0.2) is 30.4 Å². The minimum absolute atomic E-state index is 0.0548. The molecule has 1 unspecified atom stereocenters. The first-order valence-corrected chi connectivity index (χ1v) is 5.51. The van der Waals surface area contributed by atoms with E-state index in [1.807, 2.05) is 6.07 Å². The molecule has 1 atom stereocenters. The van der Waals surface area contributed by atoms with Gasteiger partial charge in [0.2, 0.25) is 5.88 Å². The highest BCUT2D eigenvalue weighted by Crippen LogP contribution is 2.14. The SMILES string of the molecule is COc1ccc(C(CO)NCC(C)C)cn1. The van der Waals surface area contributed by atoms with Gasteiger partial charge in [0.1, 0.15) is 0 Å². The number of nitrogens with one attached hydrogen (secondary N) is 1. The van der Waals surface area contributed by atoms with Gasteiger partial charge in [-0.2, -0.15) is 0 Å². The molecule has 4 nitrogen and oxygen atoms in total. The van der Waals surface area contributed by atoms with Crippen LogP contribution < -0.4 is 10.1 Å². The maximum absolute atomic E-state index is 9.30. The van der Waals surface area contributed by atoms with Gasteiger partial charge in [0.15, 0.2) is 0 Å². The average molecular weight is 224 g/mol. The number of hydrogen-bond acceptors (Lipinski definition) is 4. The van der Waals surface area contributed by atoms with Crippen molar-refractivity contribution in [3.63, 3.8) is 0 Å². The van der Waals surface area contributed by atoms with Crippen molar-refractivity contribution in [2.75, 3.05) is 20.3 Å². The summed E-state index contributed by atoms with van der Waals surface area (Å²) in [4.78, 5) is 4.12. The molecule has 0 bridgehead atoms. The molecule has 2 N–H and O–H groups in total. The Hall–Kier alpha value is -1.13. The minimum atomic E-state index is -0.0548. The molecule has 1 heterocycles. The van der Waals surface area contributed by atoms with Crippen molar-refractivity contribution in [3.05, 3.63) is 23.9 Å². The van der Waals surface area contributed by atoms with Crippen molar-refractivity contribution >= 4 is 0 Å². The van der Waals surface area contributed by atoms with Gasteiger partial charge in [-0.15, -0.1) is 0 Å². The summed E-state index contributed by atoms with van der Waals surface area (Å²) in [6.45, 7) is 5.21. The maximum atomic E-state index is 9.30. The van der Waals surface area contributed by atoms with E-state index in [-0.39, 0.29) is 12.6 Å².